The summed E-state index contributed by atoms with van der Waals surface area (Å²) in [5.41, 5.74) is 6.79. The molecular weight excluding hydrogens is 320 g/mol. The van der Waals surface area contributed by atoms with Crippen molar-refractivity contribution in [1.82, 2.24) is 14.8 Å². The molecule has 2 saturated heterocycles. The Hall–Kier alpha value is -2.44. The van der Waals surface area contributed by atoms with Crippen molar-refractivity contribution in [3.63, 3.8) is 0 Å². The van der Waals surface area contributed by atoms with Gasteiger partial charge in [-0.05, 0) is 36.8 Å². The molecule has 25 heavy (non-hydrogen) atoms. The number of rotatable bonds is 4. The summed E-state index contributed by atoms with van der Waals surface area (Å²) in [4.78, 5) is 42.8. The number of piperidine rings is 1. The van der Waals surface area contributed by atoms with Crippen molar-refractivity contribution in [1.29, 1.82) is 0 Å². The minimum atomic E-state index is -0.358. The van der Waals surface area contributed by atoms with Crippen LogP contribution in [0.25, 0.3) is 0 Å². The lowest BCUT2D eigenvalue weighted by atomic mass is 9.91. The van der Waals surface area contributed by atoms with Crippen LogP contribution in [0.3, 0.4) is 0 Å². The van der Waals surface area contributed by atoms with Gasteiger partial charge in [0.2, 0.25) is 11.8 Å². The number of carbonyl (C=O) groups excluding carboxylic acids is 3. The Morgan fingerprint density at radius 2 is 1.96 bits per heavy atom. The topological polar surface area (TPSA) is 96.6 Å². The molecule has 1 aromatic rings. The van der Waals surface area contributed by atoms with Gasteiger partial charge in [-0.15, -0.1) is 0 Å². The normalized spacial score (nSPS) is 20.9. The highest BCUT2D eigenvalue weighted by atomic mass is 16.2. The molecule has 1 aromatic heterocycles. The third-order valence-electron chi connectivity index (χ3n) is 5.10. The van der Waals surface area contributed by atoms with Gasteiger partial charge in [0, 0.05) is 45.5 Å². The maximum absolute atomic E-state index is 12.5. The number of carbonyl (C=O) groups is 3. The van der Waals surface area contributed by atoms with E-state index in [9.17, 15) is 14.4 Å². The van der Waals surface area contributed by atoms with E-state index >= 15 is 0 Å². The third-order valence-corrected chi connectivity index (χ3v) is 5.10. The molecule has 134 valence electrons. The van der Waals surface area contributed by atoms with E-state index in [2.05, 4.69) is 4.98 Å². The van der Waals surface area contributed by atoms with Gasteiger partial charge in [0.05, 0.1) is 11.5 Å². The smallest absolute Gasteiger partial charge is 0.255 e. The molecule has 0 aromatic carbocycles. The van der Waals surface area contributed by atoms with Crippen LogP contribution in [0.5, 0.6) is 0 Å². The van der Waals surface area contributed by atoms with Crippen molar-refractivity contribution >= 4 is 17.7 Å². The van der Waals surface area contributed by atoms with Gasteiger partial charge in [-0.25, -0.2) is 0 Å². The zero-order valence-electron chi connectivity index (χ0n) is 14.5. The largest absolute Gasteiger partial charge is 0.369 e. The van der Waals surface area contributed by atoms with Crippen molar-refractivity contribution < 1.29 is 14.4 Å². The van der Waals surface area contributed by atoms with Crippen LogP contribution in [0.4, 0.5) is 0 Å². The van der Waals surface area contributed by atoms with Crippen LogP contribution in [0, 0.1) is 11.8 Å². The molecule has 3 amide bonds. The minimum Gasteiger partial charge on any atom is -0.369 e. The fourth-order valence-electron chi connectivity index (χ4n) is 3.57. The Bertz CT molecular complexity index is 685. The number of primary amides is 1. The van der Waals surface area contributed by atoms with E-state index in [1.165, 1.54) is 0 Å². The van der Waals surface area contributed by atoms with Crippen molar-refractivity contribution in [2.45, 2.75) is 26.2 Å². The molecule has 3 rings (SSSR count). The van der Waals surface area contributed by atoms with E-state index in [0.717, 1.165) is 37.9 Å². The van der Waals surface area contributed by atoms with Crippen LogP contribution in [-0.2, 0) is 16.0 Å². The first kappa shape index (κ1) is 17.4. The molecule has 0 saturated carbocycles. The molecule has 0 radical (unpaired) electrons. The van der Waals surface area contributed by atoms with Gasteiger partial charge in [0.15, 0.2) is 0 Å². The Kier molecular flexibility index (Phi) is 5.01. The maximum Gasteiger partial charge on any atom is 0.255 e. The number of nitrogens with two attached hydrogens (primary N) is 1. The summed E-state index contributed by atoms with van der Waals surface area (Å²) in [5.74, 6) is -0.189. The molecule has 0 unspecified atom stereocenters. The van der Waals surface area contributed by atoms with Gasteiger partial charge in [0.1, 0.15) is 0 Å². The molecule has 0 aliphatic carbocycles. The average Bonchev–Trinajstić information content (AvgIpc) is 2.53. The summed E-state index contributed by atoms with van der Waals surface area (Å²) < 4.78 is 0. The van der Waals surface area contributed by atoms with Gasteiger partial charge >= 0.3 is 0 Å². The summed E-state index contributed by atoms with van der Waals surface area (Å²) in [6.45, 7) is 3.97. The first-order valence-corrected chi connectivity index (χ1v) is 8.72. The second kappa shape index (κ2) is 7.21. The Labute approximate surface area is 147 Å². The fraction of sp³-hybridized carbons (Fsp3) is 0.556. The van der Waals surface area contributed by atoms with Gasteiger partial charge in [-0.1, -0.05) is 0 Å². The fourth-order valence-corrected chi connectivity index (χ4v) is 3.57. The number of pyridine rings is 1. The monoisotopic (exact) mass is 344 g/mol. The summed E-state index contributed by atoms with van der Waals surface area (Å²) in [6, 6.07) is 1.87. The van der Waals surface area contributed by atoms with Crippen molar-refractivity contribution in [2.24, 2.45) is 17.6 Å². The number of nitrogens with zero attached hydrogens (tertiary/aromatic N) is 3. The minimum absolute atomic E-state index is 0.110. The van der Waals surface area contributed by atoms with E-state index in [0.29, 0.717) is 24.6 Å². The lowest BCUT2D eigenvalue weighted by Gasteiger charge is -2.37. The van der Waals surface area contributed by atoms with Crippen LogP contribution in [0.15, 0.2) is 18.5 Å². The number of likely N-dealkylation sites (tertiary alicyclic amines) is 2. The molecule has 2 N–H and O–H groups in total. The van der Waals surface area contributed by atoms with Crippen molar-refractivity contribution in [2.75, 3.05) is 26.2 Å². The Morgan fingerprint density at radius 1 is 1.20 bits per heavy atom. The van der Waals surface area contributed by atoms with Gasteiger partial charge < -0.3 is 15.5 Å². The second-order valence-corrected chi connectivity index (χ2v) is 7.07. The van der Waals surface area contributed by atoms with E-state index in [-0.39, 0.29) is 23.6 Å². The molecule has 3 heterocycles. The van der Waals surface area contributed by atoms with E-state index < -0.39 is 0 Å². The standard InChI is InChI=1S/C18H24N4O3/c1-12(23)21-4-2-3-13(9-21)5-14-6-15(8-20-7-14)18(25)22-10-16(11-22)17(19)24/h6-8,13,16H,2-5,9-11H2,1H3,(H2,19,24)/t13-/m1/s1. The van der Waals surface area contributed by atoms with Gasteiger partial charge in [0.25, 0.3) is 5.91 Å². The zero-order chi connectivity index (χ0) is 18.0. The van der Waals surface area contributed by atoms with Crippen molar-refractivity contribution in [3.8, 4) is 0 Å². The van der Waals surface area contributed by atoms with Crippen LogP contribution in [-0.4, -0.2) is 58.7 Å². The average molecular weight is 344 g/mol. The van der Waals surface area contributed by atoms with Gasteiger partial charge in [-0.3, -0.25) is 19.4 Å². The summed E-state index contributed by atoms with van der Waals surface area (Å²) in [7, 11) is 0. The van der Waals surface area contributed by atoms with E-state index in [1.807, 2.05) is 11.0 Å². The van der Waals surface area contributed by atoms with Crippen LogP contribution in [0.1, 0.15) is 35.7 Å². The molecule has 7 heteroatoms. The summed E-state index contributed by atoms with van der Waals surface area (Å²) in [5, 5.41) is 0. The first-order valence-electron chi connectivity index (χ1n) is 8.72. The quantitative estimate of drug-likeness (QED) is 0.857. The highest BCUT2D eigenvalue weighted by Crippen LogP contribution is 2.22. The predicted octanol–water partition coefficient (Wildman–Crippen LogP) is 0.440. The molecule has 1 atom stereocenters. The highest BCUT2D eigenvalue weighted by molar-refractivity contribution is 5.95. The molecule has 2 aliphatic heterocycles. The number of hydrogen-bond donors (Lipinski definition) is 1. The highest BCUT2D eigenvalue weighted by Gasteiger charge is 2.34. The Balaban J connectivity index is 1.61. The third kappa shape index (κ3) is 3.97. The van der Waals surface area contributed by atoms with Gasteiger partial charge in [-0.2, -0.15) is 0 Å². The second-order valence-electron chi connectivity index (χ2n) is 7.07. The van der Waals surface area contributed by atoms with Crippen LogP contribution >= 0.6 is 0 Å². The van der Waals surface area contributed by atoms with Crippen LogP contribution < -0.4 is 5.73 Å². The lowest BCUT2D eigenvalue weighted by Crippen LogP contribution is -2.54. The first-order chi connectivity index (χ1) is 11.9. The number of amides is 3. The van der Waals surface area contributed by atoms with E-state index in [4.69, 9.17) is 5.73 Å². The molecule has 7 nitrogen and oxygen atoms in total. The molecule has 2 aliphatic rings. The summed E-state index contributed by atoms with van der Waals surface area (Å²) in [6.07, 6.45) is 6.24. The van der Waals surface area contributed by atoms with E-state index in [1.54, 1.807) is 24.2 Å². The van der Waals surface area contributed by atoms with Crippen LogP contribution in [0.2, 0.25) is 0 Å². The number of aromatic nitrogens is 1. The molecule has 0 bridgehead atoms. The molecule has 0 spiro atoms. The maximum atomic E-state index is 12.5. The predicted molar refractivity (Wildman–Crippen MR) is 91.5 cm³/mol. The molecule has 2 fully saturated rings. The summed E-state index contributed by atoms with van der Waals surface area (Å²) >= 11 is 0. The Morgan fingerprint density at radius 3 is 2.64 bits per heavy atom. The zero-order valence-corrected chi connectivity index (χ0v) is 14.5. The lowest BCUT2D eigenvalue weighted by molar-refractivity contribution is -0.130. The molecular formula is C18H24N4O3. The SMILES string of the molecule is CC(=O)N1CCC[C@H](Cc2cncc(C(=O)N3CC(C(N)=O)C3)c2)C1. The number of hydrogen-bond acceptors (Lipinski definition) is 4. The van der Waals surface area contributed by atoms with Crippen molar-refractivity contribution in [3.05, 3.63) is 29.6 Å².